The van der Waals surface area contributed by atoms with Crippen LogP contribution < -0.4 is 15.9 Å². The summed E-state index contributed by atoms with van der Waals surface area (Å²) in [7, 11) is 0. The second-order valence-corrected chi connectivity index (χ2v) is 7.58. The van der Waals surface area contributed by atoms with Crippen molar-refractivity contribution >= 4 is 35.0 Å². The van der Waals surface area contributed by atoms with E-state index < -0.39 is 5.25 Å². The number of hydrogen-bond acceptors (Lipinski definition) is 6. The van der Waals surface area contributed by atoms with Crippen LogP contribution in [-0.2, 0) is 4.79 Å². The van der Waals surface area contributed by atoms with Crippen molar-refractivity contribution in [2.45, 2.75) is 24.3 Å². The normalized spacial score (nSPS) is 11.8. The summed E-state index contributed by atoms with van der Waals surface area (Å²) in [5.41, 5.74) is 1.37. The molecule has 1 atom stereocenters. The van der Waals surface area contributed by atoms with Gasteiger partial charge >= 0.3 is 0 Å². The Hall–Kier alpha value is -2.71. The minimum atomic E-state index is -0.448. The molecule has 2 aromatic carbocycles. The molecule has 0 aliphatic heterocycles. The summed E-state index contributed by atoms with van der Waals surface area (Å²) in [6.45, 7) is 4.29. The summed E-state index contributed by atoms with van der Waals surface area (Å²) in [6, 6.07) is 14.5. The van der Waals surface area contributed by atoms with Gasteiger partial charge < -0.3 is 15.9 Å². The Kier molecular flexibility index (Phi) is 6.43. The smallest absolute Gasteiger partial charge is 0.237 e. The van der Waals surface area contributed by atoms with Crippen molar-refractivity contribution in [1.82, 2.24) is 14.9 Å². The number of amides is 1. The lowest BCUT2D eigenvalue weighted by Gasteiger charge is -2.12. The number of carbonyl (C=O) groups is 1. The van der Waals surface area contributed by atoms with Gasteiger partial charge in [-0.05, 0) is 50.2 Å². The number of para-hydroxylation sites is 1. The van der Waals surface area contributed by atoms with Gasteiger partial charge in [0.1, 0.15) is 5.75 Å². The number of thioether (sulfide) groups is 1. The minimum absolute atomic E-state index is 0.205. The number of hydrogen-bond donors (Lipinski definition) is 2. The molecule has 1 heterocycles. The van der Waals surface area contributed by atoms with E-state index in [4.69, 9.17) is 22.2 Å². The van der Waals surface area contributed by atoms with Gasteiger partial charge in [-0.2, -0.15) is 0 Å². The van der Waals surface area contributed by atoms with E-state index >= 15 is 0 Å². The second-order valence-electron chi connectivity index (χ2n) is 5.86. The fourth-order valence-corrected chi connectivity index (χ4v) is 3.38. The molecule has 146 valence electrons. The maximum absolute atomic E-state index is 12.5. The molecule has 7 nitrogen and oxygen atoms in total. The Labute approximate surface area is 172 Å². The van der Waals surface area contributed by atoms with Gasteiger partial charge in [-0.3, -0.25) is 4.79 Å². The van der Waals surface area contributed by atoms with E-state index in [2.05, 4.69) is 15.5 Å². The van der Waals surface area contributed by atoms with Crippen LogP contribution in [0.1, 0.15) is 13.8 Å². The molecular weight excluding hydrogens is 398 g/mol. The van der Waals surface area contributed by atoms with Crippen LogP contribution >= 0.6 is 23.4 Å². The number of anilines is 1. The third-order valence-corrected chi connectivity index (χ3v) is 5.26. The summed E-state index contributed by atoms with van der Waals surface area (Å²) in [5, 5.41) is 11.5. The maximum atomic E-state index is 12.5. The quantitative estimate of drug-likeness (QED) is 0.448. The maximum Gasteiger partial charge on any atom is 0.237 e. The molecule has 0 spiro atoms. The number of aromatic nitrogens is 3. The van der Waals surface area contributed by atoms with Crippen LogP contribution in [0.3, 0.4) is 0 Å². The first kappa shape index (κ1) is 20.0. The van der Waals surface area contributed by atoms with Crippen LogP contribution in [-0.4, -0.2) is 32.6 Å². The molecule has 0 saturated heterocycles. The second kappa shape index (κ2) is 8.99. The first-order valence-electron chi connectivity index (χ1n) is 8.65. The van der Waals surface area contributed by atoms with Crippen molar-refractivity contribution in [2.24, 2.45) is 0 Å². The largest absolute Gasteiger partial charge is 0.494 e. The van der Waals surface area contributed by atoms with Gasteiger partial charge in [0.25, 0.3) is 0 Å². The van der Waals surface area contributed by atoms with Gasteiger partial charge in [-0.15, -0.1) is 10.2 Å². The highest BCUT2D eigenvalue weighted by molar-refractivity contribution is 8.00. The summed E-state index contributed by atoms with van der Waals surface area (Å²) >= 11 is 7.30. The van der Waals surface area contributed by atoms with Crippen molar-refractivity contribution in [3.63, 3.8) is 0 Å². The van der Waals surface area contributed by atoms with Crippen LogP contribution in [0.4, 0.5) is 5.69 Å². The molecule has 0 fully saturated rings. The number of nitrogens with two attached hydrogens (primary N) is 1. The van der Waals surface area contributed by atoms with Crippen LogP contribution in [0, 0.1) is 0 Å². The zero-order valence-electron chi connectivity index (χ0n) is 15.4. The van der Waals surface area contributed by atoms with Crippen LogP contribution in [0.5, 0.6) is 5.75 Å². The number of halogens is 1. The lowest BCUT2D eigenvalue weighted by molar-refractivity contribution is -0.115. The van der Waals surface area contributed by atoms with Crippen LogP contribution in [0.2, 0.25) is 5.02 Å². The number of ether oxygens (including phenoxy) is 1. The standard InChI is InChI=1S/C19H20ClN5O2S/c1-3-27-14-10-8-13(9-11-14)17-23-24-19(25(17)21)28-12(2)18(26)22-16-7-5-4-6-15(16)20/h4-12H,3,21H2,1-2H3,(H,22,26)/t12-/m1/s1. The summed E-state index contributed by atoms with van der Waals surface area (Å²) in [6.07, 6.45) is 0. The average molecular weight is 418 g/mol. The van der Waals surface area contributed by atoms with Crippen molar-refractivity contribution in [3.05, 3.63) is 53.6 Å². The zero-order valence-corrected chi connectivity index (χ0v) is 17.0. The molecule has 9 heteroatoms. The predicted molar refractivity (Wildman–Crippen MR) is 112 cm³/mol. The highest BCUT2D eigenvalue weighted by atomic mass is 35.5. The van der Waals surface area contributed by atoms with Gasteiger partial charge in [-0.25, -0.2) is 4.68 Å². The SMILES string of the molecule is CCOc1ccc(-c2nnc(S[C@H](C)C(=O)Nc3ccccc3Cl)n2N)cc1. The Morgan fingerprint density at radius 3 is 2.64 bits per heavy atom. The van der Waals surface area contributed by atoms with E-state index in [1.165, 1.54) is 16.4 Å². The monoisotopic (exact) mass is 417 g/mol. The molecule has 0 bridgehead atoms. The van der Waals surface area contributed by atoms with Crippen LogP contribution in [0.25, 0.3) is 11.4 Å². The fourth-order valence-electron chi connectivity index (χ4n) is 2.43. The molecule has 3 aromatic rings. The summed E-state index contributed by atoms with van der Waals surface area (Å²) < 4.78 is 6.81. The molecule has 3 rings (SSSR count). The molecular formula is C19H20ClN5O2S. The number of benzene rings is 2. The Morgan fingerprint density at radius 1 is 1.25 bits per heavy atom. The van der Waals surface area contributed by atoms with Crippen molar-refractivity contribution in [1.29, 1.82) is 0 Å². The van der Waals surface area contributed by atoms with Gasteiger partial charge in [0.05, 0.1) is 22.6 Å². The van der Waals surface area contributed by atoms with Crippen molar-refractivity contribution in [2.75, 3.05) is 17.8 Å². The first-order chi connectivity index (χ1) is 13.5. The van der Waals surface area contributed by atoms with Gasteiger partial charge in [-0.1, -0.05) is 35.5 Å². The Balaban J connectivity index is 1.69. The number of nitrogen functional groups attached to an aromatic ring is 1. The fraction of sp³-hybridized carbons (Fsp3) is 0.211. The van der Waals surface area contributed by atoms with Gasteiger partial charge in [0.15, 0.2) is 5.82 Å². The zero-order chi connectivity index (χ0) is 20.1. The number of carbonyl (C=O) groups excluding carboxylic acids is 1. The van der Waals surface area contributed by atoms with E-state index in [0.29, 0.717) is 28.3 Å². The minimum Gasteiger partial charge on any atom is -0.494 e. The summed E-state index contributed by atoms with van der Waals surface area (Å²) in [5.74, 6) is 7.22. The third-order valence-electron chi connectivity index (χ3n) is 3.87. The van der Waals surface area contributed by atoms with Crippen LogP contribution in [0.15, 0.2) is 53.7 Å². The molecule has 0 unspecified atom stereocenters. The average Bonchev–Trinajstić information content (AvgIpc) is 3.05. The lowest BCUT2D eigenvalue weighted by atomic mass is 10.2. The number of nitrogens with zero attached hydrogens (tertiary/aromatic N) is 3. The molecule has 1 aromatic heterocycles. The Morgan fingerprint density at radius 2 is 1.96 bits per heavy atom. The topological polar surface area (TPSA) is 95.1 Å². The number of rotatable bonds is 7. The van der Waals surface area contributed by atoms with Crippen molar-refractivity contribution in [3.8, 4) is 17.1 Å². The van der Waals surface area contributed by atoms with Gasteiger partial charge in [0, 0.05) is 5.56 Å². The van der Waals surface area contributed by atoms with E-state index in [9.17, 15) is 4.79 Å². The predicted octanol–water partition coefficient (Wildman–Crippen LogP) is 3.83. The summed E-state index contributed by atoms with van der Waals surface area (Å²) in [4.78, 5) is 12.5. The van der Waals surface area contributed by atoms with Gasteiger partial charge in [0.2, 0.25) is 11.1 Å². The third kappa shape index (κ3) is 4.58. The van der Waals surface area contributed by atoms with E-state index in [1.807, 2.05) is 31.2 Å². The van der Waals surface area contributed by atoms with E-state index in [0.717, 1.165) is 11.3 Å². The highest BCUT2D eigenvalue weighted by Gasteiger charge is 2.20. The lowest BCUT2D eigenvalue weighted by Crippen LogP contribution is -2.23. The highest BCUT2D eigenvalue weighted by Crippen LogP contribution is 2.27. The van der Waals surface area contributed by atoms with Crippen molar-refractivity contribution < 1.29 is 9.53 Å². The van der Waals surface area contributed by atoms with E-state index in [-0.39, 0.29) is 5.91 Å². The molecule has 0 aliphatic rings. The molecule has 1 amide bonds. The molecule has 0 saturated carbocycles. The molecule has 0 radical (unpaired) electrons. The molecule has 28 heavy (non-hydrogen) atoms. The molecule has 3 N–H and O–H groups in total. The first-order valence-corrected chi connectivity index (χ1v) is 9.91. The van der Waals surface area contributed by atoms with E-state index in [1.54, 1.807) is 31.2 Å². The number of nitrogens with one attached hydrogen (secondary N) is 1. The molecule has 0 aliphatic carbocycles. The Bertz CT molecular complexity index is 961.